The maximum Gasteiger partial charge on any atom is 0.241 e. The molecule has 0 spiro atoms. The first-order valence-electron chi connectivity index (χ1n) is 6.60. The zero-order valence-electron chi connectivity index (χ0n) is 11.7. The second-order valence-corrected chi connectivity index (χ2v) is 5.73. The Bertz CT molecular complexity index is 445. The Morgan fingerprint density at radius 1 is 1.42 bits per heavy atom. The number of methoxy groups -OCH3 is 1. The fourth-order valence-corrected chi connectivity index (χ4v) is 2.60. The summed E-state index contributed by atoms with van der Waals surface area (Å²) in [7, 11) is 1.71. The van der Waals surface area contributed by atoms with Crippen molar-refractivity contribution in [1.29, 1.82) is 0 Å². The third-order valence-corrected chi connectivity index (χ3v) is 4.22. The molecule has 0 aromatic heterocycles. The van der Waals surface area contributed by atoms with Crippen LogP contribution in [-0.4, -0.2) is 25.2 Å². The average Bonchev–Trinajstić information content (AvgIpc) is 2.42. The van der Waals surface area contributed by atoms with E-state index in [1.165, 1.54) is 0 Å². The molecule has 1 aromatic rings. The van der Waals surface area contributed by atoms with Crippen LogP contribution in [0.25, 0.3) is 0 Å². The van der Waals surface area contributed by atoms with E-state index in [0.717, 1.165) is 12.0 Å². The van der Waals surface area contributed by atoms with Gasteiger partial charge in [-0.1, -0.05) is 44.2 Å². The first-order valence-corrected chi connectivity index (χ1v) is 6.60. The number of rotatable bonds is 4. The number of amides is 1. The van der Waals surface area contributed by atoms with E-state index >= 15 is 0 Å². The molecule has 1 fully saturated rings. The highest BCUT2D eigenvalue weighted by Crippen LogP contribution is 2.42. The van der Waals surface area contributed by atoms with Gasteiger partial charge in [0.15, 0.2) is 0 Å². The largest absolute Gasteiger partial charge is 0.381 e. The van der Waals surface area contributed by atoms with Gasteiger partial charge in [-0.25, -0.2) is 0 Å². The van der Waals surface area contributed by atoms with E-state index in [2.05, 4.69) is 19.2 Å². The van der Waals surface area contributed by atoms with Crippen LogP contribution in [-0.2, 0) is 9.53 Å². The highest BCUT2D eigenvalue weighted by molar-refractivity contribution is 5.83. The van der Waals surface area contributed by atoms with Crippen LogP contribution < -0.4 is 11.1 Å². The van der Waals surface area contributed by atoms with Crippen LogP contribution in [0.1, 0.15) is 31.9 Å². The molecule has 1 amide bonds. The minimum Gasteiger partial charge on any atom is -0.381 e. The maximum atomic E-state index is 12.2. The van der Waals surface area contributed by atoms with Gasteiger partial charge in [0.05, 0.1) is 6.10 Å². The van der Waals surface area contributed by atoms with E-state index in [4.69, 9.17) is 10.5 Å². The molecule has 1 aliphatic carbocycles. The highest BCUT2D eigenvalue weighted by Gasteiger charge is 2.49. The summed E-state index contributed by atoms with van der Waals surface area (Å²) in [5, 5.41) is 3.03. The Morgan fingerprint density at radius 2 is 2.05 bits per heavy atom. The number of carbonyl (C=O) groups is 1. The Kier molecular flexibility index (Phi) is 3.92. The number of benzene rings is 1. The smallest absolute Gasteiger partial charge is 0.241 e. The lowest BCUT2D eigenvalue weighted by molar-refractivity contribution is -0.133. The van der Waals surface area contributed by atoms with Crippen LogP contribution in [0.5, 0.6) is 0 Å². The lowest BCUT2D eigenvalue weighted by atomic mass is 9.64. The second-order valence-electron chi connectivity index (χ2n) is 5.73. The molecule has 4 heteroatoms. The molecule has 0 heterocycles. The van der Waals surface area contributed by atoms with Crippen LogP contribution in [0, 0.1) is 5.41 Å². The molecule has 1 saturated carbocycles. The molecule has 3 N–H and O–H groups in total. The van der Waals surface area contributed by atoms with Gasteiger partial charge in [0.2, 0.25) is 5.91 Å². The summed E-state index contributed by atoms with van der Waals surface area (Å²) in [4.78, 5) is 12.2. The van der Waals surface area contributed by atoms with Crippen LogP contribution in [0.2, 0.25) is 0 Å². The number of nitrogens with one attached hydrogen (secondary N) is 1. The molecule has 2 rings (SSSR count). The molecule has 1 aliphatic rings. The number of carbonyl (C=O) groups excluding carboxylic acids is 1. The van der Waals surface area contributed by atoms with Gasteiger partial charge in [-0.3, -0.25) is 4.79 Å². The predicted molar refractivity (Wildman–Crippen MR) is 74.5 cm³/mol. The normalized spacial score (nSPS) is 26.3. The Labute approximate surface area is 114 Å². The number of hydrogen-bond acceptors (Lipinski definition) is 3. The van der Waals surface area contributed by atoms with Gasteiger partial charge in [-0.05, 0) is 12.0 Å². The first kappa shape index (κ1) is 14.0. The molecule has 3 atom stereocenters. The van der Waals surface area contributed by atoms with Gasteiger partial charge in [0, 0.05) is 18.6 Å². The zero-order valence-corrected chi connectivity index (χ0v) is 11.7. The summed E-state index contributed by atoms with van der Waals surface area (Å²) in [5.74, 6) is -0.126. The lowest BCUT2D eigenvalue weighted by Gasteiger charge is -2.51. The molecule has 3 unspecified atom stereocenters. The highest BCUT2D eigenvalue weighted by atomic mass is 16.5. The summed E-state index contributed by atoms with van der Waals surface area (Å²) in [6.07, 6.45) is 1.04. The topological polar surface area (TPSA) is 64.3 Å². The van der Waals surface area contributed by atoms with Gasteiger partial charge in [0.25, 0.3) is 0 Å². The van der Waals surface area contributed by atoms with Crippen molar-refractivity contribution >= 4 is 5.91 Å². The van der Waals surface area contributed by atoms with Crippen LogP contribution in [0.3, 0.4) is 0 Å². The minimum atomic E-state index is -0.612. The lowest BCUT2D eigenvalue weighted by Crippen LogP contribution is -2.62. The molecule has 0 saturated heterocycles. The molecule has 0 aliphatic heterocycles. The van der Waals surface area contributed by atoms with Gasteiger partial charge in [-0.2, -0.15) is 0 Å². The Balaban J connectivity index is 1.96. The quantitative estimate of drug-likeness (QED) is 0.866. The molecule has 19 heavy (non-hydrogen) atoms. The monoisotopic (exact) mass is 262 g/mol. The third kappa shape index (κ3) is 2.65. The molecule has 4 nitrogen and oxygen atoms in total. The van der Waals surface area contributed by atoms with E-state index in [1.54, 1.807) is 7.11 Å². The van der Waals surface area contributed by atoms with E-state index in [0.29, 0.717) is 0 Å². The molecular formula is C15H22N2O2. The molecule has 0 bridgehead atoms. The Morgan fingerprint density at radius 3 is 2.58 bits per heavy atom. The predicted octanol–water partition coefficient (Wildman–Crippen LogP) is 1.62. The van der Waals surface area contributed by atoms with Crippen molar-refractivity contribution in [3.05, 3.63) is 35.9 Å². The van der Waals surface area contributed by atoms with E-state index in [1.807, 2.05) is 30.3 Å². The fourth-order valence-electron chi connectivity index (χ4n) is 2.60. The third-order valence-electron chi connectivity index (χ3n) is 4.22. The van der Waals surface area contributed by atoms with Crippen LogP contribution in [0.4, 0.5) is 0 Å². The molecular weight excluding hydrogens is 240 g/mol. The van der Waals surface area contributed by atoms with E-state index in [9.17, 15) is 4.79 Å². The number of hydrogen-bond donors (Lipinski definition) is 2. The van der Waals surface area contributed by atoms with E-state index < -0.39 is 6.04 Å². The first-order chi connectivity index (χ1) is 8.96. The number of ether oxygens (including phenoxy) is 1. The molecule has 0 radical (unpaired) electrons. The van der Waals surface area contributed by atoms with Gasteiger partial charge >= 0.3 is 0 Å². The number of nitrogens with two attached hydrogens (primary N) is 1. The SMILES string of the molecule is COC1CC(NC(=O)C(N)c2ccccc2)C1(C)C. The summed E-state index contributed by atoms with van der Waals surface area (Å²) in [6.45, 7) is 4.20. The van der Waals surface area contributed by atoms with Crippen molar-refractivity contribution in [3.8, 4) is 0 Å². The minimum absolute atomic E-state index is 0.0409. The summed E-state index contributed by atoms with van der Waals surface area (Å²) in [5.41, 5.74) is 6.77. The Hall–Kier alpha value is -1.39. The molecule has 104 valence electrons. The molecule has 1 aromatic carbocycles. The standard InChI is InChI=1S/C15H22N2O2/c1-15(2)11(9-12(15)19-3)17-14(18)13(16)10-7-5-4-6-8-10/h4-8,11-13H,9,16H2,1-3H3,(H,17,18). The van der Waals surface area contributed by atoms with Gasteiger partial charge < -0.3 is 15.8 Å². The van der Waals surface area contributed by atoms with Crippen molar-refractivity contribution in [2.75, 3.05) is 7.11 Å². The summed E-state index contributed by atoms with van der Waals surface area (Å²) >= 11 is 0. The summed E-state index contributed by atoms with van der Waals surface area (Å²) < 4.78 is 5.38. The van der Waals surface area contributed by atoms with Crippen molar-refractivity contribution < 1.29 is 9.53 Å². The summed E-state index contributed by atoms with van der Waals surface area (Å²) in [6, 6.07) is 8.93. The maximum absolute atomic E-state index is 12.2. The van der Waals surface area contributed by atoms with Crippen molar-refractivity contribution in [1.82, 2.24) is 5.32 Å². The van der Waals surface area contributed by atoms with Crippen molar-refractivity contribution in [3.63, 3.8) is 0 Å². The zero-order chi connectivity index (χ0) is 14.0. The average molecular weight is 262 g/mol. The van der Waals surface area contributed by atoms with Gasteiger partial charge in [-0.15, -0.1) is 0 Å². The van der Waals surface area contributed by atoms with Crippen LogP contribution in [0.15, 0.2) is 30.3 Å². The van der Waals surface area contributed by atoms with Gasteiger partial charge in [0.1, 0.15) is 6.04 Å². The second kappa shape index (κ2) is 5.31. The van der Waals surface area contributed by atoms with E-state index in [-0.39, 0.29) is 23.5 Å². The fraction of sp³-hybridized carbons (Fsp3) is 0.533. The van der Waals surface area contributed by atoms with Crippen LogP contribution >= 0.6 is 0 Å². The van der Waals surface area contributed by atoms with Crippen molar-refractivity contribution in [2.24, 2.45) is 11.1 Å². The van der Waals surface area contributed by atoms with Crippen molar-refractivity contribution in [2.45, 2.75) is 38.5 Å².